The molecule has 0 aliphatic rings. The van der Waals surface area contributed by atoms with Gasteiger partial charge in [0.05, 0.1) is 12.3 Å². The van der Waals surface area contributed by atoms with E-state index in [0.717, 1.165) is 12.8 Å². The molecule has 1 aromatic rings. The number of nitrogens with two attached hydrogens (primary N) is 1. The predicted molar refractivity (Wildman–Crippen MR) is 56.0 cm³/mol. The molecular formula is C11H14N2O. The van der Waals surface area contributed by atoms with Gasteiger partial charge in [0.2, 0.25) is 0 Å². The minimum absolute atomic E-state index is 0.434. The highest BCUT2D eigenvalue weighted by atomic mass is 16.5. The normalized spacial score (nSPS) is 9.43. The molecule has 0 saturated heterocycles. The SMILES string of the molecule is CCCCOc1cccc(N)c1C#N. The van der Waals surface area contributed by atoms with E-state index in [9.17, 15) is 0 Å². The molecule has 1 aromatic carbocycles. The van der Waals surface area contributed by atoms with Gasteiger partial charge in [0.15, 0.2) is 0 Å². The van der Waals surface area contributed by atoms with Crippen molar-refractivity contribution in [1.82, 2.24) is 0 Å². The summed E-state index contributed by atoms with van der Waals surface area (Å²) >= 11 is 0. The summed E-state index contributed by atoms with van der Waals surface area (Å²) in [5.74, 6) is 0.584. The van der Waals surface area contributed by atoms with E-state index in [1.165, 1.54) is 0 Å². The first-order valence-corrected chi connectivity index (χ1v) is 4.71. The maximum atomic E-state index is 8.85. The van der Waals surface area contributed by atoms with Crippen LogP contribution in [0.4, 0.5) is 5.69 Å². The predicted octanol–water partition coefficient (Wildman–Crippen LogP) is 2.32. The van der Waals surface area contributed by atoms with Crippen molar-refractivity contribution in [2.45, 2.75) is 19.8 Å². The number of hydrogen-bond acceptors (Lipinski definition) is 3. The highest BCUT2D eigenvalue weighted by Gasteiger charge is 2.05. The molecule has 0 fully saturated rings. The molecule has 74 valence electrons. The zero-order valence-corrected chi connectivity index (χ0v) is 8.29. The molecule has 0 heterocycles. The monoisotopic (exact) mass is 190 g/mol. The zero-order valence-electron chi connectivity index (χ0n) is 8.29. The van der Waals surface area contributed by atoms with Gasteiger partial charge in [-0.05, 0) is 18.6 Å². The minimum atomic E-state index is 0.434. The Morgan fingerprint density at radius 3 is 2.93 bits per heavy atom. The third kappa shape index (κ3) is 2.40. The van der Waals surface area contributed by atoms with E-state index in [4.69, 9.17) is 15.7 Å². The summed E-state index contributed by atoms with van der Waals surface area (Å²) in [7, 11) is 0. The van der Waals surface area contributed by atoms with Gasteiger partial charge in [0, 0.05) is 0 Å². The molecular weight excluding hydrogens is 176 g/mol. The second kappa shape index (κ2) is 5.13. The fourth-order valence-electron chi connectivity index (χ4n) is 1.11. The quantitative estimate of drug-likeness (QED) is 0.585. The van der Waals surface area contributed by atoms with Gasteiger partial charge in [0.25, 0.3) is 0 Å². The van der Waals surface area contributed by atoms with E-state index in [1.807, 2.05) is 6.07 Å². The van der Waals surface area contributed by atoms with Gasteiger partial charge in [-0.2, -0.15) is 5.26 Å². The van der Waals surface area contributed by atoms with Crippen LogP contribution >= 0.6 is 0 Å². The van der Waals surface area contributed by atoms with E-state index in [-0.39, 0.29) is 0 Å². The lowest BCUT2D eigenvalue weighted by Crippen LogP contribution is -2.00. The smallest absolute Gasteiger partial charge is 0.139 e. The van der Waals surface area contributed by atoms with Gasteiger partial charge < -0.3 is 10.5 Å². The van der Waals surface area contributed by atoms with Crippen LogP contribution in [-0.4, -0.2) is 6.61 Å². The number of nitrogen functional groups attached to an aromatic ring is 1. The molecule has 0 spiro atoms. The summed E-state index contributed by atoms with van der Waals surface area (Å²) in [4.78, 5) is 0. The van der Waals surface area contributed by atoms with Gasteiger partial charge in [-0.1, -0.05) is 19.4 Å². The maximum Gasteiger partial charge on any atom is 0.139 e. The van der Waals surface area contributed by atoms with Crippen LogP contribution in [0.2, 0.25) is 0 Å². The lowest BCUT2D eigenvalue weighted by molar-refractivity contribution is 0.309. The molecule has 0 unspecified atom stereocenters. The first-order valence-electron chi connectivity index (χ1n) is 4.71. The fourth-order valence-corrected chi connectivity index (χ4v) is 1.11. The van der Waals surface area contributed by atoms with E-state index in [0.29, 0.717) is 23.6 Å². The van der Waals surface area contributed by atoms with Crippen molar-refractivity contribution in [2.75, 3.05) is 12.3 Å². The molecule has 2 N–H and O–H groups in total. The largest absolute Gasteiger partial charge is 0.492 e. The Morgan fingerprint density at radius 2 is 2.29 bits per heavy atom. The summed E-state index contributed by atoms with van der Waals surface area (Å²) in [6.45, 7) is 2.72. The standard InChI is InChI=1S/C11H14N2O/c1-2-3-7-14-11-6-4-5-10(13)9(11)8-12/h4-6H,2-3,7,13H2,1H3. The van der Waals surface area contributed by atoms with E-state index < -0.39 is 0 Å². The van der Waals surface area contributed by atoms with E-state index >= 15 is 0 Å². The Bertz CT molecular complexity index is 342. The summed E-state index contributed by atoms with van der Waals surface area (Å²) in [5, 5.41) is 8.85. The van der Waals surface area contributed by atoms with Crippen molar-refractivity contribution in [3.05, 3.63) is 23.8 Å². The topological polar surface area (TPSA) is 59.0 Å². The highest BCUT2D eigenvalue weighted by Crippen LogP contribution is 2.23. The van der Waals surface area contributed by atoms with Crippen molar-refractivity contribution < 1.29 is 4.74 Å². The molecule has 0 aromatic heterocycles. The molecule has 0 bridgehead atoms. The lowest BCUT2D eigenvalue weighted by atomic mass is 10.2. The molecule has 3 nitrogen and oxygen atoms in total. The third-order valence-corrected chi connectivity index (χ3v) is 1.93. The Kier molecular flexibility index (Phi) is 3.81. The number of rotatable bonds is 4. The zero-order chi connectivity index (χ0) is 10.4. The van der Waals surface area contributed by atoms with Gasteiger partial charge in [-0.25, -0.2) is 0 Å². The minimum Gasteiger partial charge on any atom is -0.492 e. The van der Waals surface area contributed by atoms with Crippen LogP contribution in [0.15, 0.2) is 18.2 Å². The van der Waals surface area contributed by atoms with Crippen LogP contribution in [0.3, 0.4) is 0 Å². The molecule has 0 aliphatic heterocycles. The number of benzene rings is 1. The number of anilines is 1. The van der Waals surface area contributed by atoms with Crippen LogP contribution in [0.1, 0.15) is 25.3 Å². The number of nitrogens with zero attached hydrogens (tertiary/aromatic N) is 1. The molecule has 0 radical (unpaired) electrons. The molecule has 14 heavy (non-hydrogen) atoms. The average Bonchev–Trinajstić information content (AvgIpc) is 2.18. The van der Waals surface area contributed by atoms with Crippen LogP contribution in [0.5, 0.6) is 5.75 Å². The maximum absolute atomic E-state index is 8.85. The Balaban J connectivity index is 2.76. The van der Waals surface area contributed by atoms with E-state index in [2.05, 4.69) is 6.92 Å². The van der Waals surface area contributed by atoms with Crippen LogP contribution < -0.4 is 10.5 Å². The van der Waals surface area contributed by atoms with Crippen molar-refractivity contribution in [2.24, 2.45) is 0 Å². The van der Waals surface area contributed by atoms with Gasteiger partial charge in [-0.3, -0.25) is 0 Å². The first-order chi connectivity index (χ1) is 6.79. The highest BCUT2D eigenvalue weighted by molar-refractivity contribution is 5.60. The van der Waals surface area contributed by atoms with Gasteiger partial charge >= 0.3 is 0 Å². The number of ether oxygens (including phenoxy) is 1. The van der Waals surface area contributed by atoms with Crippen molar-refractivity contribution in [1.29, 1.82) is 5.26 Å². The second-order valence-corrected chi connectivity index (χ2v) is 3.03. The molecule has 3 heteroatoms. The third-order valence-electron chi connectivity index (χ3n) is 1.93. The second-order valence-electron chi connectivity index (χ2n) is 3.03. The van der Waals surface area contributed by atoms with Gasteiger partial charge in [-0.15, -0.1) is 0 Å². The lowest BCUT2D eigenvalue weighted by Gasteiger charge is -2.07. The molecule has 0 amide bonds. The number of unbranched alkanes of at least 4 members (excludes halogenated alkanes) is 1. The molecule has 0 saturated carbocycles. The van der Waals surface area contributed by atoms with Crippen molar-refractivity contribution in [3.63, 3.8) is 0 Å². The van der Waals surface area contributed by atoms with E-state index in [1.54, 1.807) is 18.2 Å². The number of hydrogen-bond donors (Lipinski definition) is 1. The van der Waals surface area contributed by atoms with Crippen LogP contribution in [0, 0.1) is 11.3 Å². The van der Waals surface area contributed by atoms with Crippen LogP contribution in [0.25, 0.3) is 0 Å². The van der Waals surface area contributed by atoms with Crippen LogP contribution in [-0.2, 0) is 0 Å². The Labute approximate surface area is 84.1 Å². The molecule has 0 atom stereocenters. The Morgan fingerprint density at radius 1 is 1.50 bits per heavy atom. The fraction of sp³-hybridized carbons (Fsp3) is 0.364. The number of nitriles is 1. The van der Waals surface area contributed by atoms with Crippen molar-refractivity contribution >= 4 is 5.69 Å². The first kappa shape index (κ1) is 10.4. The summed E-state index contributed by atoms with van der Waals surface area (Å²) in [6.07, 6.45) is 2.06. The molecule has 0 aliphatic carbocycles. The summed E-state index contributed by atoms with van der Waals surface area (Å²) < 4.78 is 5.45. The summed E-state index contributed by atoms with van der Waals surface area (Å²) in [6, 6.07) is 7.30. The average molecular weight is 190 g/mol. The summed E-state index contributed by atoms with van der Waals surface area (Å²) in [5.41, 5.74) is 6.54. The van der Waals surface area contributed by atoms with Gasteiger partial charge in [0.1, 0.15) is 17.4 Å². The molecule has 1 rings (SSSR count). The van der Waals surface area contributed by atoms with Crippen molar-refractivity contribution in [3.8, 4) is 11.8 Å². The Hall–Kier alpha value is -1.69.